The van der Waals surface area contributed by atoms with E-state index in [1.165, 1.54) is 5.57 Å². The van der Waals surface area contributed by atoms with Crippen LogP contribution in [0, 0.1) is 26.9 Å². The molecule has 0 saturated heterocycles. The van der Waals surface area contributed by atoms with Crippen LogP contribution in [0.1, 0.15) is 46.0 Å². The van der Waals surface area contributed by atoms with Crippen LogP contribution in [0.25, 0.3) is 0 Å². The number of fused-ring (bicyclic) bond motifs is 1. The molecule has 2 bridgehead atoms. The minimum Gasteiger partial charge on any atom is -0.330 e. The second-order valence-corrected chi connectivity index (χ2v) is 7.33. The summed E-state index contributed by atoms with van der Waals surface area (Å²) in [6.45, 7) is 4.84. The summed E-state index contributed by atoms with van der Waals surface area (Å²) < 4.78 is 0. The Kier molecular flexibility index (Phi) is 2.53. The first-order valence-electron chi connectivity index (χ1n) is 7.05. The summed E-state index contributed by atoms with van der Waals surface area (Å²) >= 11 is 0. The normalized spacial score (nSPS) is 47.1. The Labute approximate surface area is 113 Å². The Morgan fingerprint density at radius 1 is 1.53 bits per heavy atom. The van der Waals surface area contributed by atoms with Gasteiger partial charge in [-0.25, -0.2) is 0 Å². The Morgan fingerprint density at radius 3 is 2.89 bits per heavy atom. The highest BCUT2D eigenvalue weighted by molar-refractivity contribution is 5.33. The zero-order valence-electron chi connectivity index (χ0n) is 11.6. The lowest BCUT2D eigenvalue weighted by atomic mass is 9.58. The van der Waals surface area contributed by atoms with E-state index >= 15 is 0 Å². The molecule has 0 heterocycles. The van der Waals surface area contributed by atoms with Crippen LogP contribution < -0.4 is 5.73 Å². The standard InChI is InChI=1S/C14H22N2O3/c1-12-5-10-6-13(2,19-16(17)18)9-14(8-12,3-4-15)7-11(10)12/h6,11H,3-5,7-9,15H2,1-2H3. The van der Waals surface area contributed by atoms with Crippen LogP contribution in [0.2, 0.25) is 0 Å². The molecule has 5 heteroatoms. The second kappa shape index (κ2) is 3.72. The third-order valence-electron chi connectivity index (χ3n) is 5.49. The molecule has 0 aliphatic heterocycles. The summed E-state index contributed by atoms with van der Waals surface area (Å²) in [4.78, 5) is 15.8. The van der Waals surface area contributed by atoms with Crippen LogP contribution in [0.3, 0.4) is 0 Å². The Morgan fingerprint density at radius 2 is 2.26 bits per heavy atom. The summed E-state index contributed by atoms with van der Waals surface area (Å²) in [5.74, 6) is 0.594. The number of nitrogens with two attached hydrogens (primary N) is 1. The van der Waals surface area contributed by atoms with Crippen molar-refractivity contribution >= 4 is 0 Å². The molecule has 4 unspecified atom stereocenters. The highest BCUT2D eigenvalue weighted by Crippen LogP contribution is 2.70. The van der Waals surface area contributed by atoms with Crippen molar-refractivity contribution in [3.05, 3.63) is 21.8 Å². The van der Waals surface area contributed by atoms with Crippen molar-refractivity contribution < 1.29 is 9.92 Å². The van der Waals surface area contributed by atoms with Gasteiger partial charge in [-0.2, -0.15) is 0 Å². The van der Waals surface area contributed by atoms with Crippen molar-refractivity contribution in [1.82, 2.24) is 0 Å². The van der Waals surface area contributed by atoms with E-state index in [2.05, 4.69) is 6.92 Å². The molecule has 2 N–H and O–H groups in total. The summed E-state index contributed by atoms with van der Waals surface area (Å²) in [6.07, 6.45) is 7.02. The molecular formula is C14H22N2O3. The van der Waals surface area contributed by atoms with Gasteiger partial charge in [0.15, 0.2) is 0 Å². The molecule has 0 aromatic rings. The maximum absolute atomic E-state index is 10.8. The molecule has 0 radical (unpaired) electrons. The van der Waals surface area contributed by atoms with Gasteiger partial charge in [-0.1, -0.05) is 18.6 Å². The SMILES string of the molecule is CC1(O[N+](=O)[O-])C=C2CC3(C)CC(CCN)(CC23)C1. The number of hydrogen-bond donors (Lipinski definition) is 1. The Hall–Kier alpha value is -1.10. The van der Waals surface area contributed by atoms with E-state index in [9.17, 15) is 10.1 Å². The minimum absolute atomic E-state index is 0.119. The van der Waals surface area contributed by atoms with Gasteiger partial charge in [0.05, 0.1) is 0 Å². The van der Waals surface area contributed by atoms with Gasteiger partial charge in [-0.05, 0) is 62.3 Å². The molecule has 2 saturated carbocycles. The smallest absolute Gasteiger partial charge is 0.295 e. The second-order valence-electron chi connectivity index (χ2n) is 7.33. The van der Waals surface area contributed by atoms with Crippen molar-refractivity contribution in [3.63, 3.8) is 0 Å². The van der Waals surface area contributed by atoms with Crippen LogP contribution in [0.15, 0.2) is 11.6 Å². The maximum atomic E-state index is 10.8. The summed E-state index contributed by atoms with van der Waals surface area (Å²) in [5, 5.41) is 10.1. The van der Waals surface area contributed by atoms with Crippen LogP contribution in [-0.2, 0) is 4.84 Å². The maximum Gasteiger partial charge on any atom is 0.295 e. The van der Waals surface area contributed by atoms with E-state index in [4.69, 9.17) is 10.6 Å². The van der Waals surface area contributed by atoms with E-state index in [1.54, 1.807) is 0 Å². The topological polar surface area (TPSA) is 78.4 Å². The average Bonchev–Trinajstić information content (AvgIpc) is 2.37. The summed E-state index contributed by atoms with van der Waals surface area (Å²) in [5.41, 5.74) is 6.90. The lowest BCUT2D eigenvalue weighted by Crippen LogP contribution is -2.42. The molecule has 0 amide bonds. The highest BCUT2D eigenvalue weighted by atomic mass is 17.0. The van der Waals surface area contributed by atoms with Gasteiger partial charge in [-0.15, -0.1) is 10.1 Å². The van der Waals surface area contributed by atoms with Gasteiger partial charge in [0.2, 0.25) is 0 Å². The van der Waals surface area contributed by atoms with E-state index in [1.807, 2.05) is 13.0 Å². The fraction of sp³-hybridized carbons (Fsp3) is 0.857. The summed E-state index contributed by atoms with van der Waals surface area (Å²) in [6, 6.07) is 0. The van der Waals surface area contributed by atoms with Crippen molar-refractivity contribution in [1.29, 1.82) is 0 Å². The molecule has 3 rings (SSSR count). The predicted molar refractivity (Wildman–Crippen MR) is 70.7 cm³/mol. The molecule has 106 valence electrons. The highest BCUT2D eigenvalue weighted by Gasteiger charge is 2.62. The van der Waals surface area contributed by atoms with Gasteiger partial charge < -0.3 is 10.6 Å². The van der Waals surface area contributed by atoms with E-state index < -0.39 is 10.7 Å². The fourth-order valence-corrected chi connectivity index (χ4v) is 5.24. The first kappa shape index (κ1) is 12.9. The van der Waals surface area contributed by atoms with Crippen LogP contribution in [-0.4, -0.2) is 17.2 Å². The quantitative estimate of drug-likeness (QED) is 0.481. The molecule has 19 heavy (non-hydrogen) atoms. The molecule has 5 nitrogen and oxygen atoms in total. The molecule has 4 atom stereocenters. The summed E-state index contributed by atoms with van der Waals surface area (Å²) in [7, 11) is 0. The lowest BCUT2D eigenvalue weighted by molar-refractivity contribution is -0.777. The van der Waals surface area contributed by atoms with Crippen molar-refractivity contribution in [2.24, 2.45) is 22.5 Å². The van der Waals surface area contributed by atoms with Crippen molar-refractivity contribution in [2.45, 2.75) is 51.6 Å². The lowest BCUT2D eigenvalue weighted by Gasteiger charge is -2.48. The first-order valence-corrected chi connectivity index (χ1v) is 7.05. The van der Waals surface area contributed by atoms with Crippen LogP contribution in [0.5, 0.6) is 0 Å². The van der Waals surface area contributed by atoms with Gasteiger partial charge >= 0.3 is 0 Å². The van der Waals surface area contributed by atoms with E-state index in [-0.39, 0.29) is 5.41 Å². The number of nitrogens with zero attached hydrogens (tertiary/aromatic N) is 1. The average molecular weight is 266 g/mol. The predicted octanol–water partition coefficient (Wildman–Crippen LogP) is 2.44. The van der Waals surface area contributed by atoms with Gasteiger partial charge in [0.1, 0.15) is 5.60 Å². The Bertz CT molecular complexity index is 464. The molecule has 2 fully saturated rings. The largest absolute Gasteiger partial charge is 0.330 e. The van der Waals surface area contributed by atoms with E-state index in [0.717, 1.165) is 25.7 Å². The van der Waals surface area contributed by atoms with Gasteiger partial charge in [0.25, 0.3) is 5.09 Å². The molecule has 0 spiro atoms. The number of rotatable bonds is 4. The minimum atomic E-state index is -0.773. The fourth-order valence-electron chi connectivity index (χ4n) is 5.24. The zero-order chi connectivity index (χ0) is 13.9. The first-order chi connectivity index (χ1) is 8.80. The number of hydrogen-bond acceptors (Lipinski definition) is 4. The monoisotopic (exact) mass is 266 g/mol. The molecular weight excluding hydrogens is 244 g/mol. The third-order valence-corrected chi connectivity index (χ3v) is 5.49. The van der Waals surface area contributed by atoms with Crippen molar-refractivity contribution in [3.8, 4) is 0 Å². The van der Waals surface area contributed by atoms with Crippen molar-refractivity contribution in [2.75, 3.05) is 6.54 Å². The molecule has 0 aromatic heterocycles. The Balaban J connectivity index is 1.96. The van der Waals surface area contributed by atoms with Gasteiger partial charge in [0, 0.05) is 0 Å². The molecule has 3 aliphatic carbocycles. The van der Waals surface area contributed by atoms with Gasteiger partial charge in [-0.3, -0.25) is 0 Å². The van der Waals surface area contributed by atoms with Crippen LogP contribution >= 0.6 is 0 Å². The third kappa shape index (κ3) is 1.86. The van der Waals surface area contributed by atoms with Crippen LogP contribution in [0.4, 0.5) is 0 Å². The number of allylic oxidation sites excluding steroid dienone is 1. The zero-order valence-corrected chi connectivity index (χ0v) is 11.6. The molecule has 0 aromatic carbocycles. The molecule has 3 aliphatic rings. The van der Waals surface area contributed by atoms with E-state index in [0.29, 0.717) is 24.3 Å².